The van der Waals surface area contributed by atoms with E-state index in [1.807, 2.05) is 24.3 Å². The number of allylic oxidation sites excluding steroid dienone is 1. The van der Waals surface area contributed by atoms with Crippen LogP contribution in [-0.2, 0) is 6.42 Å². The molecule has 0 bridgehead atoms. The average molecular weight is 219 g/mol. The fourth-order valence-corrected chi connectivity index (χ4v) is 1.08. The third-order valence-electron chi connectivity index (χ3n) is 1.60. The minimum Gasteiger partial charge on any atom is -0.465 e. The first-order valence-corrected chi connectivity index (χ1v) is 4.24. The molecule has 0 atom stereocenters. The van der Waals surface area contributed by atoms with Gasteiger partial charge in [0.25, 0.3) is 0 Å². The van der Waals surface area contributed by atoms with Crippen LogP contribution in [0.2, 0.25) is 0 Å². The summed E-state index contributed by atoms with van der Waals surface area (Å²) in [6.45, 7) is 0. The first-order valence-electron chi connectivity index (χ1n) is 4.24. The van der Waals surface area contributed by atoms with Crippen molar-refractivity contribution in [3.05, 3.63) is 42.2 Å². The van der Waals surface area contributed by atoms with Gasteiger partial charge in [-0.25, -0.2) is 0 Å². The highest BCUT2D eigenvalue weighted by Gasteiger charge is 2.20. The van der Waals surface area contributed by atoms with Gasteiger partial charge in [0.1, 0.15) is 5.75 Å². The molecule has 82 valence electrons. The fraction of sp³-hybridized carbons (Fsp3) is 0.111. The third-order valence-corrected chi connectivity index (χ3v) is 1.60. The molecule has 0 aromatic heterocycles. The van der Waals surface area contributed by atoms with Gasteiger partial charge in [0.05, 0.1) is 6.26 Å². The standard InChI is InChI=1S/C9H8O.BF4/c1-2-6-9-8(4-1)5-3-7-10-9;2-1(3,4)5/h1-4,6-7H,5H2;/q;-1. The molecule has 2 rings (SSSR count). The van der Waals surface area contributed by atoms with Gasteiger partial charge in [-0.05, 0) is 24.1 Å². The lowest BCUT2D eigenvalue weighted by atomic mass is 10.1. The van der Waals surface area contributed by atoms with Crippen molar-refractivity contribution in [2.24, 2.45) is 0 Å². The summed E-state index contributed by atoms with van der Waals surface area (Å²) in [6.07, 6.45) is 4.75. The Morgan fingerprint density at radius 1 is 1.07 bits per heavy atom. The van der Waals surface area contributed by atoms with Crippen LogP contribution in [0.3, 0.4) is 0 Å². The Morgan fingerprint density at radius 3 is 2.27 bits per heavy atom. The molecule has 0 N–H and O–H groups in total. The van der Waals surface area contributed by atoms with Crippen LogP contribution in [0.15, 0.2) is 36.6 Å². The highest BCUT2D eigenvalue weighted by atomic mass is 19.5. The summed E-state index contributed by atoms with van der Waals surface area (Å²) < 4.78 is 44.2. The van der Waals surface area contributed by atoms with Gasteiger partial charge in [-0.2, -0.15) is 0 Å². The maximum Gasteiger partial charge on any atom is 0.673 e. The summed E-state index contributed by atoms with van der Waals surface area (Å²) in [5.74, 6) is 0.991. The van der Waals surface area contributed by atoms with Crippen LogP contribution < -0.4 is 4.74 Å². The van der Waals surface area contributed by atoms with E-state index >= 15 is 0 Å². The molecule has 0 saturated heterocycles. The molecule has 6 heteroatoms. The molecule has 0 saturated carbocycles. The molecule has 15 heavy (non-hydrogen) atoms. The Bertz CT molecular complexity index is 315. The van der Waals surface area contributed by atoms with Crippen LogP contribution in [0.1, 0.15) is 5.56 Å². The Balaban J connectivity index is 0.000000195. The summed E-state index contributed by atoms with van der Waals surface area (Å²) in [7, 11) is -6.00. The van der Waals surface area contributed by atoms with Crippen molar-refractivity contribution in [3.8, 4) is 5.75 Å². The number of ether oxygens (including phenoxy) is 1. The first kappa shape index (κ1) is 11.6. The van der Waals surface area contributed by atoms with Crippen LogP contribution in [-0.4, -0.2) is 7.25 Å². The van der Waals surface area contributed by atoms with Gasteiger partial charge in [0.2, 0.25) is 0 Å². The normalized spacial score (nSPS) is 13.3. The summed E-state index contributed by atoms with van der Waals surface area (Å²) in [5, 5.41) is 0. The molecular formula is C9H8BF4O-. The lowest BCUT2D eigenvalue weighted by Crippen LogP contribution is -2.02. The van der Waals surface area contributed by atoms with Crippen molar-refractivity contribution in [2.75, 3.05) is 0 Å². The smallest absolute Gasteiger partial charge is 0.465 e. The van der Waals surface area contributed by atoms with E-state index in [1.54, 1.807) is 6.26 Å². The number of fused-ring (bicyclic) bond motifs is 1. The Kier molecular flexibility index (Phi) is 3.77. The van der Waals surface area contributed by atoms with Gasteiger partial charge in [-0.15, -0.1) is 0 Å². The molecule has 0 fully saturated rings. The van der Waals surface area contributed by atoms with Crippen LogP contribution in [0, 0.1) is 0 Å². The molecule has 1 nitrogen and oxygen atoms in total. The number of halogens is 4. The van der Waals surface area contributed by atoms with Crippen molar-refractivity contribution in [2.45, 2.75) is 6.42 Å². The highest BCUT2D eigenvalue weighted by Crippen LogP contribution is 2.21. The topological polar surface area (TPSA) is 9.23 Å². The number of hydrogen-bond acceptors (Lipinski definition) is 1. The molecule has 0 spiro atoms. The zero-order valence-corrected chi connectivity index (χ0v) is 7.67. The van der Waals surface area contributed by atoms with E-state index < -0.39 is 7.25 Å². The Hall–Kier alpha value is -1.46. The van der Waals surface area contributed by atoms with E-state index in [1.165, 1.54) is 5.56 Å². The van der Waals surface area contributed by atoms with Gasteiger partial charge in [-0.3, -0.25) is 0 Å². The lowest BCUT2D eigenvalue weighted by molar-refractivity contribution is 0.368. The van der Waals surface area contributed by atoms with Crippen molar-refractivity contribution < 1.29 is 22.0 Å². The highest BCUT2D eigenvalue weighted by molar-refractivity contribution is 6.50. The number of benzene rings is 1. The SMILES string of the molecule is C1=COc2ccccc2C1.F[B-](F)(F)F. The second-order valence-corrected chi connectivity index (χ2v) is 2.80. The number of para-hydroxylation sites is 1. The number of hydrogen-bond donors (Lipinski definition) is 0. The van der Waals surface area contributed by atoms with Gasteiger partial charge >= 0.3 is 7.25 Å². The lowest BCUT2D eigenvalue weighted by Gasteiger charge is -2.09. The predicted octanol–water partition coefficient (Wildman–Crippen LogP) is 3.44. The van der Waals surface area contributed by atoms with Crippen LogP contribution in [0.5, 0.6) is 5.75 Å². The molecular weight excluding hydrogens is 211 g/mol. The van der Waals surface area contributed by atoms with Gasteiger partial charge in [0, 0.05) is 0 Å². The molecule has 0 aliphatic carbocycles. The molecule has 1 aliphatic rings. The summed E-state index contributed by atoms with van der Waals surface area (Å²) in [5.41, 5.74) is 1.27. The van der Waals surface area contributed by atoms with E-state index in [0.29, 0.717) is 0 Å². The quantitative estimate of drug-likeness (QED) is 0.479. The van der Waals surface area contributed by atoms with Crippen molar-refractivity contribution in [3.63, 3.8) is 0 Å². The van der Waals surface area contributed by atoms with Crippen molar-refractivity contribution in [1.82, 2.24) is 0 Å². The zero-order chi connectivity index (χ0) is 11.3. The maximum absolute atomic E-state index is 9.75. The van der Waals surface area contributed by atoms with E-state index in [4.69, 9.17) is 4.74 Å². The number of rotatable bonds is 0. The van der Waals surface area contributed by atoms with Gasteiger partial charge in [0.15, 0.2) is 0 Å². The first-order chi connectivity index (χ1) is 6.97. The Labute approximate surface area is 84.5 Å². The van der Waals surface area contributed by atoms with E-state index in [-0.39, 0.29) is 0 Å². The van der Waals surface area contributed by atoms with E-state index in [9.17, 15) is 17.3 Å². The van der Waals surface area contributed by atoms with Crippen molar-refractivity contribution in [1.29, 1.82) is 0 Å². The van der Waals surface area contributed by atoms with Crippen molar-refractivity contribution >= 4 is 7.25 Å². The van der Waals surface area contributed by atoms with E-state index in [2.05, 4.69) is 6.07 Å². The third kappa shape index (κ3) is 5.10. The zero-order valence-electron chi connectivity index (χ0n) is 7.67. The molecule has 0 radical (unpaired) electrons. The largest absolute Gasteiger partial charge is 0.673 e. The molecule has 1 aliphatic heterocycles. The minimum absolute atomic E-state index is 0.991. The van der Waals surface area contributed by atoms with Crippen LogP contribution in [0.4, 0.5) is 17.3 Å². The maximum atomic E-state index is 9.75. The summed E-state index contributed by atoms with van der Waals surface area (Å²) >= 11 is 0. The van der Waals surface area contributed by atoms with E-state index in [0.717, 1.165) is 12.2 Å². The van der Waals surface area contributed by atoms with Gasteiger partial charge in [-0.1, -0.05) is 18.2 Å². The second kappa shape index (κ2) is 4.86. The molecule has 0 unspecified atom stereocenters. The monoisotopic (exact) mass is 219 g/mol. The Morgan fingerprint density at radius 2 is 1.67 bits per heavy atom. The second-order valence-electron chi connectivity index (χ2n) is 2.80. The fourth-order valence-electron chi connectivity index (χ4n) is 1.08. The molecule has 1 aromatic carbocycles. The minimum atomic E-state index is -6.00. The molecule has 1 aromatic rings. The van der Waals surface area contributed by atoms with Crippen LogP contribution >= 0.6 is 0 Å². The molecule has 0 amide bonds. The predicted molar refractivity (Wildman–Crippen MR) is 50.1 cm³/mol. The van der Waals surface area contributed by atoms with Crippen LogP contribution in [0.25, 0.3) is 0 Å². The molecule has 1 heterocycles. The van der Waals surface area contributed by atoms with Gasteiger partial charge < -0.3 is 22.0 Å². The average Bonchev–Trinajstić information content (AvgIpc) is 2.16. The summed E-state index contributed by atoms with van der Waals surface area (Å²) in [6, 6.07) is 8.08. The summed E-state index contributed by atoms with van der Waals surface area (Å²) in [4.78, 5) is 0.